The summed E-state index contributed by atoms with van der Waals surface area (Å²) in [6.45, 7) is 5.72. The number of hydroxylamine groups is 2. The fourth-order valence-corrected chi connectivity index (χ4v) is 5.16. The van der Waals surface area contributed by atoms with Gasteiger partial charge in [0, 0.05) is 12.5 Å². The van der Waals surface area contributed by atoms with Crippen LogP contribution in [0.3, 0.4) is 0 Å². The van der Waals surface area contributed by atoms with Crippen molar-refractivity contribution in [3.63, 3.8) is 0 Å². The fraction of sp³-hybridized carbons (Fsp3) is 0.250. The molecule has 130 valence electrons. The molecule has 2 nitrogen and oxygen atoms in total. The molecular weight excluding hydrogens is 318 g/mol. The molecular formula is C24H23NO. The first kappa shape index (κ1) is 15.8. The largest absolute Gasteiger partial charge is 0.298 e. The van der Waals surface area contributed by atoms with Gasteiger partial charge in [-0.2, -0.15) is 5.06 Å². The van der Waals surface area contributed by atoms with E-state index >= 15 is 0 Å². The number of hydrogen-bond donors (Lipinski definition) is 0. The third-order valence-electron chi connectivity index (χ3n) is 5.93. The summed E-state index contributed by atoms with van der Waals surface area (Å²) in [4.78, 5) is 6.25. The molecule has 0 atom stereocenters. The highest BCUT2D eigenvalue weighted by Crippen LogP contribution is 2.60. The highest BCUT2D eigenvalue weighted by Gasteiger charge is 2.55. The van der Waals surface area contributed by atoms with Gasteiger partial charge in [-0.1, -0.05) is 79.7 Å². The Hall–Kier alpha value is -2.42. The van der Waals surface area contributed by atoms with Gasteiger partial charge in [-0.15, -0.1) is 0 Å². The van der Waals surface area contributed by atoms with Crippen LogP contribution in [0, 0.1) is 0 Å². The van der Waals surface area contributed by atoms with E-state index in [1.54, 1.807) is 0 Å². The molecule has 0 amide bonds. The van der Waals surface area contributed by atoms with E-state index in [1.807, 2.05) is 0 Å². The molecule has 0 radical (unpaired) electrons. The minimum atomic E-state index is -0.386. The first-order valence-electron chi connectivity index (χ1n) is 9.52. The highest BCUT2D eigenvalue weighted by atomic mass is 16.7. The van der Waals surface area contributed by atoms with Crippen molar-refractivity contribution in [2.45, 2.75) is 25.3 Å². The van der Waals surface area contributed by atoms with Gasteiger partial charge < -0.3 is 0 Å². The van der Waals surface area contributed by atoms with Crippen LogP contribution in [0.25, 0.3) is 0 Å². The number of rotatable bonds is 4. The molecule has 0 spiro atoms. The molecule has 3 aliphatic rings. The van der Waals surface area contributed by atoms with E-state index in [1.165, 1.54) is 33.4 Å². The maximum atomic E-state index is 6.25. The Bertz CT molecular complexity index is 862. The minimum Gasteiger partial charge on any atom is -0.298 e. The molecule has 26 heavy (non-hydrogen) atoms. The quantitative estimate of drug-likeness (QED) is 0.615. The molecule has 0 N–H and O–H groups in total. The highest BCUT2D eigenvalue weighted by molar-refractivity contribution is 5.71. The number of nitrogens with zero attached hydrogens (tertiary/aromatic N) is 1. The van der Waals surface area contributed by atoms with Crippen molar-refractivity contribution in [2.75, 3.05) is 13.2 Å². The summed E-state index contributed by atoms with van der Waals surface area (Å²) >= 11 is 0. The van der Waals surface area contributed by atoms with Crippen LogP contribution in [0.15, 0.2) is 72.8 Å². The Labute approximate surface area is 155 Å². The van der Waals surface area contributed by atoms with Crippen molar-refractivity contribution in [3.05, 3.63) is 106 Å². The van der Waals surface area contributed by atoms with Gasteiger partial charge in [0.15, 0.2) is 0 Å². The molecule has 0 aromatic heterocycles. The van der Waals surface area contributed by atoms with E-state index in [4.69, 9.17) is 4.84 Å². The zero-order valence-corrected chi connectivity index (χ0v) is 15.3. The molecule has 0 saturated heterocycles. The molecule has 0 heterocycles. The lowest BCUT2D eigenvalue weighted by atomic mass is 9.57. The number of benzene rings is 3. The molecule has 0 aliphatic heterocycles. The van der Waals surface area contributed by atoms with Crippen LogP contribution in [0.4, 0.5) is 0 Å². The Kier molecular flexibility index (Phi) is 3.53. The van der Waals surface area contributed by atoms with E-state index in [2.05, 4.69) is 91.7 Å². The van der Waals surface area contributed by atoms with E-state index < -0.39 is 0 Å². The predicted octanol–water partition coefficient (Wildman–Crippen LogP) is 5.06. The monoisotopic (exact) mass is 341 g/mol. The van der Waals surface area contributed by atoms with Gasteiger partial charge in [0.25, 0.3) is 0 Å². The second kappa shape index (κ2) is 5.80. The first-order valence-corrected chi connectivity index (χ1v) is 9.52. The normalized spacial score (nSPS) is 22.0. The summed E-state index contributed by atoms with van der Waals surface area (Å²) in [5, 5.41) is 2.19. The summed E-state index contributed by atoms with van der Waals surface area (Å²) in [5.74, 6) is 0.306. The minimum absolute atomic E-state index is 0.306. The predicted molar refractivity (Wildman–Crippen MR) is 104 cm³/mol. The van der Waals surface area contributed by atoms with E-state index in [0.717, 1.165) is 6.54 Å². The van der Waals surface area contributed by atoms with Crippen LogP contribution < -0.4 is 0 Å². The second-order valence-corrected chi connectivity index (χ2v) is 7.02. The van der Waals surface area contributed by atoms with Crippen LogP contribution in [0.5, 0.6) is 0 Å². The Morgan fingerprint density at radius 2 is 1.15 bits per heavy atom. The van der Waals surface area contributed by atoms with Crippen molar-refractivity contribution in [3.8, 4) is 0 Å². The van der Waals surface area contributed by atoms with Gasteiger partial charge >= 0.3 is 0 Å². The van der Waals surface area contributed by atoms with Crippen LogP contribution in [0.1, 0.15) is 53.1 Å². The molecule has 2 bridgehead atoms. The third kappa shape index (κ3) is 1.78. The lowest BCUT2D eigenvalue weighted by Gasteiger charge is -2.54. The van der Waals surface area contributed by atoms with Crippen molar-refractivity contribution < 1.29 is 4.84 Å². The average Bonchev–Trinajstić information content (AvgIpc) is 2.71. The molecule has 0 fully saturated rings. The maximum absolute atomic E-state index is 6.25. The van der Waals surface area contributed by atoms with Crippen molar-refractivity contribution in [2.24, 2.45) is 0 Å². The van der Waals surface area contributed by atoms with E-state index in [0.29, 0.717) is 12.5 Å². The molecule has 0 unspecified atom stereocenters. The van der Waals surface area contributed by atoms with Gasteiger partial charge in [0.2, 0.25) is 0 Å². The van der Waals surface area contributed by atoms with E-state index in [-0.39, 0.29) is 5.54 Å². The standard InChI is InChI=1S/C24H23NO/c1-3-25(26-4-2)24-20-14-8-5-11-17(20)23(18-12-6-9-15-21(18)24)19-13-7-10-16-22(19)24/h5-16,23H,3-4H2,1-2H3. The zero-order chi connectivity index (χ0) is 17.7. The average molecular weight is 341 g/mol. The smallest absolute Gasteiger partial charge is 0.122 e. The Morgan fingerprint density at radius 1 is 0.731 bits per heavy atom. The summed E-state index contributed by atoms with van der Waals surface area (Å²) in [6.07, 6.45) is 0. The lowest BCUT2D eigenvalue weighted by molar-refractivity contribution is -0.200. The topological polar surface area (TPSA) is 12.5 Å². The second-order valence-electron chi connectivity index (χ2n) is 7.02. The van der Waals surface area contributed by atoms with Gasteiger partial charge in [-0.05, 0) is 40.3 Å². The summed E-state index contributed by atoms with van der Waals surface area (Å²) in [7, 11) is 0. The summed E-state index contributed by atoms with van der Waals surface area (Å²) in [6, 6.07) is 26.7. The third-order valence-corrected chi connectivity index (χ3v) is 5.93. The van der Waals surface area contributed by atoms with Gasteiger partial charge in [-0.25, -0.2) is 0 Å². The molecule has 2 heteroatoms. The van der Waals surface area contributed by atoms with Crippen molar-refractivity contribution in [1.29, 1.82) is 0 Å². The van der Waals surface area contributed by atoms with Gasteiger partial charge in [-0.3, -0.25) is 4.84 Å². The van der Waals surface area contributed by atoms with Crippen LogP contribution >= 0.6 is 0 Å². The van der Waals surface area contributed by atoms with Crippen LogP contribution in [0.2, 0.25) is 0 Å². The maximum Gasteiger partial charge on any atom is 0.122 e. The molecule has 0 saturated carbocycles. The van der Waals surface area contributed by atoms with E-state index in [9.17, 15) is 0 Å². The molecule has 6 rings (SSSR count). The Balaban J connectivity index is 1.95. The molecule has 3 aromatic rings. The van der Waals surface area contributed by atoms with Gasteiger partial charge in [0.1, 0.15) is 5.54 Å². The summed E-state index contributed by atoms with van der Waals surface area (Å²) < 4.78 is 0. The van der Waals surface area contributed by atoms with Crippen LogP contribution in [-0.4, -0.2) is 18.2 Å². The SMILES string of the molecule is CCON(CC)C12c3ccccc3C(c3ccccc31)c1ccccc12. The zero-order valence-electron chi connectivity index (χ0n) is 15.3. The summed E-state index contributed by atoms with van der Waals surface area (Å²) in [5.41, 5.74) is 7.91. The number of hydrogen-bond acceptors (Lipinski definition) is 2. The van der Waals surface area contributed by atoms with Crippen molar-refractivity contribution >= 4 is 0 Å². The fourth-order valence-electron chi connectivity index (χ4n) is 5.16. The first-order chi connectivity index (χ1) is 12.8. The van der Waals surface area contributed by atoms with Crippen LogP contribution in [-0.2, 0) is 10.4 Å². The van der Waals surface area contributed by atoms with Crippen molar-refractivity contribution in [1.82, 2.24) is 5.06 Å². The van der Waals surface area contributed by atoms with Gasteiger partial charge in [0.05, 0.1) is 6.61 Å². The molecule has 3 aromatic carbocycles. The lowest BCUT2D eigenvalue weighted by Crippen LogP contribution is -2.54. The molecule has 3 aliphatic carbocycles. The Morgan fingerprint density at radius 3 is 1.54 bits per heavy atom.